The van der Waals surface area contributed by atoms with E-state index in [2.05, 4.69) is 37.3 Å². The van der Waals surface area contributed by atoms with E-state index in [4.69, 9.17) is 18.5 Å². The van der Waals surface area contributed by atoms with E-state index >= 15 is 0 Å². The minimum atomic E-state index is -4.41. The second kappa shape index (κ2) is 43.3. The molecule has 2 unspecified atom stereocenters. The minimum absolute atomic E-state index is 0.0103. The molecular formula is C52H93NO9P+. The molecule has 0 aromatic heterocycles. The van der Waals surface area contributed by atoms with Crippen molar-refractivity contribution in [2.75, 3.05) is 47.5 Å². The zero-order chi connectivity index (χ0) is 46.5. The molecule has 0 bridgehead atoms. The van der Waals surface area contributed by atoms with E-state index in [0.29, 0.717) is 30.3 Å². The predicted octanol–water partition coefficient (Wildman–Crippen LogP) is 13.6. The van der Waals surface area contributed by atoms with E-state index in [9.17, 15) is 24.2 Å². The van der Waals surface area contributed by atoms with Crippen LogP contribution >= 0.6 is 7.82 Å². The summed E-state index contributed by atoms with van der Waals surface area (Å²) in [5, 5.41) is 9.79. The maximum Gasteiger partial charge on any atom is 0.472 e. The van der Waals surface area contributed by atoms with Crippen molar-refractivity contribution in [1.82, 2.24) is 0 Å². The van der Waals surface area contributed by atoms with Gasteiger partial charge in [0, 0.05) is 12.8 Å². The van der Waals surface area contributed by atoms with Crippen molar-refractivity contribution in [3.8, 4) is 0 Å². The average molecular weight is 907 g/mol. The van der Waals surface area contributed by atoms with Gasteiger partial charge in [0.1, 0.15) is 19.8 Å². The second-order valence-corrected chi connectivity index (χ2v) is 19.1. The lowest BCUT2D eigenvalue weighted by molar-refractivity contribution is -0.870. The summed E-state index contributed by atoms with van der Waals surface area (Å²) < 4.78 is 34.3. The third kappa shape index (κ3) is 47.2. The van der Waals surface area contributed by atoms with Gasteiger partial charge in [-0.25, -0.2) is 4.57 Å². The molecule has 11 heteroatoms. The monoisotopic (exact) mass is 907 g/mol. The smallest absolute Gasteiger partial charge is 0.462 e. The summed E-state index contributed by atoms with van der Waals surface area (Å²) in [4.78, 5) is 35.5. The van der Waals surface area contributed by atoms with Crippen LogP contribution in [0.2, 0.25) is 0 Å². The number of nitrogens with zero attached hydrogens (tertiary/aromatic N) is 1. The molecule has 3 atom stereocenters. The first-order valence-corrected chi connectivity index (χ1v) is 26.3. The van der Waals surface area contributed by atoms with Crippen LogP contribution in [0.15, 0.2) is 72.9 Å². The lowest BCUT2D eigenvalue weighted by Gasteiger charge is -2.24. The molecule has 0 aliphatic carbocycles. The fourth-order valence-electron chi connectivity index (χ4n) is 6.42. The zero-order valence-electron chi connectivity index (χ0n) is 40.6. The van der Waals surface area contributed by atoms with E-state index in [1.807, 2.05) is 70.6 Å². The van der Waals surface area contributed by atoms with Crippen LogP contribution < -0.4 is 0 Å². The van der Waals surface area contributed by atoms with Crippen LogP contribution in [0.4, 0.5) is 0 Å². The highest BCUT2D eigenvalue weighted by atomic mass is 31.2. The maximum atomic E-state index is 12.7. The second-order valence-electron chi connectivity index (χ2n) is 17.7. The third-order valence-electron chi connectivity index (χ3n) is 10.3. The number of phosphoric ester groups is 1. The number of carbonyl (C=O) groups excluding carboxylic acids is 2. The Balaban J connectivity index is 4.37. The van der Waals surface area contributed by atoms with Crippen molar-refractivity contribution >= 4 is 19.8 Å². The average Bonchev–Trinajstić information content (AvgIpc) is 3.23. The number of carbonyl (C=O) groups is 2. The minimum Gasteiger partial charge on any atom is -0.462 e. The number of phosphoric acid groups is 1. The Bertz CT molecular complexity index is 1320. The first-order valence-electron chi connectivity index (χ1n) is 24.8. The molecule has 0 aliphatic heterocycles. The largest absolute Gasteiger partial charge is 0.472 e. The highest BCUT2D eigenvalue weighted by molar-refractivity contribution is 7.47. The third-order valence-corrected chi connectivity index (χ3v) is 11.3. The molecule has 0 heterocycles. The van der Waals surface area contributed by atoms with Gasteiger partial charge < -0.3 is 24.0 Å². The molecule has 0 rings (SSSR count). The Morgan fingerprint density at radius 3 is 1.70 bits per heavy atom. The van der Waals surface area contributed by atoms with Crippen molar-refractivity contribution < 1.29 is 47.2 Å². The number of hydrogen-bond donors (Lipinski definition) is 2. The van der Waals surface area contributed by atoms with Gasteiger partial charge >= 0.3 is 19.8 Å². The molecule has 0 fully saturated rings. The van der Waals surface area contributed by atoms with E-state index in [-0.39, 0.29) is 26.1 Å². The van der Waals surface area contributed by atoms with Crippen molar-refractivity contribution in [1.29, 1.82) is 0 Å². The van der Waals surface area contributed by atoms with Gasteiger partial charge in [-0.05, 0) is 70.6 Å². The molecule has 0 aromatic rings. The number of allylic oxidation sites excluding steroid dienone is 10. The molecule has 0 amide bonds. The number of esters is 2. The molecule has 0 spiro atoms. The zero-order valence-corrected chi connectivity index (χ0v) is 41.5. The highest BCUT2D eigenvalue weighted by Crippen LogP contribution is 2.43. The number of ether oxygens (including phenoxy) is 2. The Kier molecular flexibility index (Phi) is 41.5. The van der Waals surface area contributed by atoms with Gasteiger partial charge in [-0.15, -0.1) is 0 Å². The van der Waals surface area contributed by atoms with Gasteiger partial charge in [-0.1, -0.05) is 177 Å². The fraction of sp³-hybridized carbons (Fsp3) is 0.731. The normalized spacial score (nSPS) is 14.6. The number of aliphatic hydroxyl groups is 1. The van der Waals surface area contributed by atoms with E-state index in [1.165, 1.54) is 103 Å². The van der Waals surface area contributed by atoms with Crippen LogP contribution in [0.25, 0.3) is 0 Å². The van der Waals surface area contributed by atoms with Crippen molar-refractivity contribution in [2.45, 2.75) is 199 Å². The Morgan fingerprint density at radius 2 is 1.10 bits per heavy atom. The topological polar surface area (TPSA) is 129 Å². The van der Waals surface area contributed by atoms with Gasteiger partial charge in [-0.3, -0.25) is 18.6 Å². The summed E-state index contributed by atoms with van der Waals surface area (Å²) in [6, 6.07) is 0. The van der Waals surface area contributed by atoms with Crippen LogP contribution in [0, 0.1) is 0 Å². The lowest BCUT2D eigenvalue weighted by atomic mass is 10.0. The Morgan fingerprint density at radius 1 is 0.587 bits per heavy atom. The van der Waals surface area contributed by atoms with Crippen LogP contribution in [0.1, 0.15) is 187 Å². The Hall–Kier alpha value is -2.59. The highest BCUT2D eigenvalue weighted by Gasteiger charge is 2.27. The van der Waals surface area contributed by atoms with Crippen molar-refractivity contribution in [2.24, 2.45) is 0 Å². The molecule has 0 aromatic carbocycles. The predicted molar refractivity (Wildman–Crippen MR) is 262 cm³/mol. The molecule has 0 saturated carbocycles. The van der Waals surface area contributed by atoms with Crippen molar-refractivity contribution in [3.63, 3.8) is 0 Å². The van der Waals surface area contributed by atoms with Gasteiger partial charge in [0.25, 0.3) is 0 Å². The number of aliphatic hydroxyl groups excluding tert-OH is 1. The summed E-state index contributed by atoms with van der Waals surface area (Å²) in [6.07, 6.45) is 51.6. The van der Waals surface area contributed by atoms with Gasteiger partial charge in [0.15, 0.2) is 6.10 Å². The molecule has 0 saturated heterocycles. The Labute approximate surface area is 385 Å². The first kappa shape index (κ1) is 60.4. The van der Waals surface area contributed by atoms with Gasteiger partial charge in [-0.2, -0.15) is 0 Å². The van der Waals surface area contributed by atoms with Crippen molar-refractivity contribution in [3.05, 3.63) is 72.9 Å². The number of quaternary nitrogens is 1. The summed E-state index contributed by atoms with van der Waals surface area (Å²) in [5.41, 5.74) is 0. The van der Waals surface area contributed by atoms with Crippen LogP contribution in [0.5, 0.6) is 0 Å². The number of hydrogen-bond acceptors (Lipinski definition) is 8. The number of unbranched alkanes of at least 4 members (excludes halogenated alkanes) is 18. The van der Waals surface area contributed by atoms with E-state index in [1.54, 1.807) is 0 Å². The molecule has 63 heavy (non-hydrogen) atoms. The van der Waals surface area contributed by atoms with Crippen LogP contribution in [-0.4, -0.2) is 86.1 Å². The molecule has 364 valence electrons. The van der Waals surface area contributed by atoms with E-state index < -0.39 is 38.6 Å². The fourth-order valence-corrected chi connectivity index (χ4v) is 7.16. The lowest BCUT2D eigenvalue weighted by Crippen LogP contribution is -2.37. The molecule has 0 aliphatic rings. The van der Waals surface area contributed by atoms with Gasteiger partial charge in [0.05, 0.1) is 33.9 Å². The molecule has 0 radical (unpaired) electrons. The van der Waals surface area contributed by atoms with Crippen LogP contribution in [-0.2, 0) is 32.7 Å². The summed E-state index contributed by atoms with van der Waals surface area (Å²) in [7, 11) is 1.41. The standard InChI is InChI=1S/C52H92NO9P/c1-6-8-10-11-12-13-14-15-16-17-18-19-20-21-22-23-27-30-33-36-39-43-51(55)59-47-50(48-61-63(57,58)60-46-45-53(3,4)5)62-52(56)44-40-37-34-31-28-25-24-26-29-32-35-38-42-49(54)41-9-7-2/h9,15-16,24-25,29,31-32,34-35,38,41,49-50,54H,6-8,10-14,17-23,26-28,30,33,36-37,39-40,42-48H2,1-5H3/p+1/b16-15-,25-24-,32-29-,34-31-,38-35+,41-9-/t49?,50-/m1/s1. The number of likely N-dealkylation sites (N-methyl/N-ethyl adjacent to an activating group) is 1. The first-order chi connectivity index (χ1) is 30.4. The molecular weight excluding hydrogens is 814 g/mol. The van der Waals surface area contributed by atoms with E-state index in [0.717, 1.165) is 38.5 Å². The summed E-state index contributed by atoms with van der Waals surface area (Å²) >= 11 is 0. The summed E-state index contributed by atoms with van der Waals surface area (Å²) in [6.45, 7) is 4.10. The van der Waals surface area contributed by atoms with Gasteiger partial charge in [0.2, 0.25) is 0 Å². The molecule has 10 nitrogen and oxygen atoms in total. The molecule has 2 N–H and O–H groups in total. The quantitative estimate of drug-likeness (QED) is 0.0153. The summed E-state index contributed by atoms with van der Waals surface area (Å²) in [5.74, 6) is -0.893. The van der Waals surface area contributed by atoms with Crippen LogP contribution in [0.3, 0.4) is 0 Å². The SMILES string of the molecule is CC/C=C\C(O)C/C=C/C=C\C/C=C\C/C=C\CCCC(=O)O[C@H](COC(=O)CCCCCCCCCCCCC/C=C\CCCCCCCC)COP(=O)(O)OCC[N+](C)(C)C. The maximum absolute atomic E-state index is 12.7. The number of rotatable bonds is 44.